The van der Waals surface area contributed by atoms with E-state index < -0.39 is 0 Å². The summed E-state index contributed by atoms with van der Waals surface area (Å²) in [6.07, 6.45) is 6.70. The van der Waals surface area contributed by atoms with E-state index >= 15 is 0 Å². The van der Waals surface area contributed by atoms with Crippen molar-refractivity contribution in [3.05, 3.63) is 65.2 Å². The van der Waals surface area contributed by atoms with E-state index in [-0.39, 0.29) is 11.5 Å². The number of carbonyl (C=O) groups is 1. The van der Waals surface area contributed by atoms with Crippen molar-refractivity contribution in [1.82, 2.24) is 24.5 Å². The first-order valence-electron chi connectivity index (χ1n) is 10.9. The van der Waals surface area contributed by atoms with Crippen LogP contribution in [0.2, 0.25) is 0 Å². The van der Waals surface area contributed by atoms with E-state index in [1.165, 1.54) is 11.3 Å². The molecule has 0 unspecified atom stereocenters. The second kappa shape index (κ2) is 6.80. The lowest BCUT2D eigenvalue weighted by Crippen LogP contribution is -2.48. The van der Waals surface area contributed by atoms with E-state index in [1.807, 2.05) is 38.5 Å². The third kappa shape index (κ3) is 2.80. The summed E-state index contributed by atoms with van der Waals surface area (Å²) in [5.41, 5.74) is 4.74. The van der Waals surface area contributed by atoms with Crippen LogP contribution in [0.4, 0.5) is 0 Å². The fourth-order valence-corrected chi connectivity index (χ4v) is 5.09. The normalized spacial score (nSPS) is 19.7. The predicted octanol–water partition coefficient (Wildman–Crippen LogP) is 2.72. The zero-order valence-electron chi connectivity index (χ0n) is 17.0. The Hall–Kier alpha value is -2.93. The molecule has 154 valence electrons. The number of hydrogen-bond donors (Lipinski definition) is 0. The molecule has 0 N–H and O–H groups in total. The monoisotopic (exact) mass is 403 g/mol. The van der Waals surface area contributed by atoms with Gasteiger partial charge in [-0.1, -0.05) is 18.2 Å². The van der Waals surface area contributed by atoms with Gasteiger partial charge in [0.2, 0.25) is 0 Å². The van der Waals surface area contributed by atoms with Gasteiger partial charge in [-0.15, -0.1) is 0 Å². The maximum absolute atomic E-state index is 13.0. The van der Waals surface area contributed by atoms with E-state index in [9.17, 15) is 4.79 Å². The molecule has 3 aliphatic heterocycles. The lowest BCUT2D eigenvalue weighted by molar-refractivity contribution is -0.0963. The number of ether oxygens (including phenoxy) is 1. The number of rotatable bonds is 2. The summed E-state index contributed by atoms with van der Waals surface area (Å²) in [5, 5.41) is 9.45. The maximum Gasteiger partial charge on any atom is 0.274 e. The van der Waals surface area contributed by atoms with E-state index in [4.69, 9.17) is 9.84 Å². The number of benzene rings is 1. The standard InChI is InChI=1S/C23H25N5O2/c29-22(20-15-19-7-4-11-27(19)24-20)26-12-9-23(10-13-26)21-17(8-14-30-23)16-28(25-21)18-5-2-1-3-6-18/h1-3,5-6,15-16H,4,7-14H2. The Morgan fingerprint density at radius 3 is 2.67 bits per heavy atom. The van der Waals surface area contributed by atoms with E-state index in [2.05, 4.69) is 23.4 Å². The zero-order chi connectivity index (χ0) is 20.1. The molecular weight excluding hydrogens is 378 g/mol. The zero-order valence-corrected chi connectivity index (χ0v) is 17.0. The van der Waals surface area contributed by atoms with Crippen LogP contribution in [0.5, 0.6) is 0 Å². The number of para-hydroxylation sites is 1. The Kier molecular flexibility index (Phi) is 4.06. The number of nitrogens with zero attached hydrogens (tertiary/aromatic N) is 5. The summed E-state index contributed by atoms with van der Waals surface area (Å²) < 4.78 is 10.3. The molecule has 2 aromatic heterocycles. The Morgan fingerprint density at radius 2 is 1.87 bits per heavy atom. The Bertz CT molecular complexity index is 1070. The highest BCUT2D eigenvalue weighted by molar-refractivity contribution is 5.92. The number of carbonyl (C=O) groups excluding carboxylic acids is 1. The highest BCUT2D eigenvalue weighted by Crippen LogP contribution is 2.41. The van der Waals surface area contributed by atoms with Crippen LogP contribution in [0.25, 0.3) is 5.69 Å². The van der Waals surface area contributed by atoms with E-state index in [1.54, 1.807) is 0 Å². The van der Waals surface area contributed by atoms with Crippen LogP contribution in [0, 0.1) is 0 Å². The van der Waals surface area contributed by atoms with Crippen LogP contribution in [-0.2, 0) is 29.7 Å². The van der Waals surface area contributed by atoms with Crippen LogP contribution >= 0.6 is 0 Å². The summed E-state index contributed by atoms with van der Waals surface area (Å²) >= 11 is 0. The number of piperidine rings is 1. The quantitative estimate of drug-likeness (QED) is 0.660. The highest BCUT2D eigenvalue weighted by Gasteiger charge is 2.44. The van der Waals surface area contributed by atoms with Gasteiger partial charge < -0.3 is 9.64 Å². The van der Waals surface area contributed by atoms with E-state index in [0.29, 0.717) is 25.4 Å². The van der Waals surface area contributed by atoms with Gasteiger partial charge in [-0.05, 0) is 55.9 Å². The van der Waals surface area contributed by atoms with Crippen molar-refractivity contribution in [2.24, 2.45) is 0 Å². The number of likely N-dealkylation sites (tertiary alicyclic amines) is 1. The highest BCUT2D eigenvalue weighted by atomic mass is 16.5. The van der Waals surface area contributed by atoms with Crippen LogP contribution in [0.1, 0.15) is 46.7 Å². The number of fused-ring (bicyclic) bond motifs is 3. The van der Waals surface area contributed by atoms with Crippen molar-refractivity contribution in [3.63, 3.8) is 0 Å². The van der Waals surface area contributed by atoms with Crippen LogP contribution < -0.4 is 0 Å². The van der Waals surface area contributed by atoms with Gasteiger partial charge in [0.25, 0.3) is 5.91 Å². The van der Waals surface area contributed by atoms with Gasteiger partial charge in [0.1, 0.15) is 5.60 Å². The molecule has 3 aliphatic rings. The predicted molar refractivity (Wildman–Crippen MR) is 111 cm³/mol. The fourth-order valence-electron chi connectivity index (χ4n) is 5.09. The van der Waals surface area contributed by atoms with Crippen LogP contribution in [0.3, 0.4) is 0 Å². The number of amides is 1. The number of aromatic nitrogens is 4. The van der Waals surface area contributed by atoms with Gasteiger partial charge in [-0.3, -0.25) is 9.48 Å². The molecule has 0 atom stereocenters. The lowest BCUT2D eigenvalue weighted by atomic mass is 9.83. The summed E-state index contributed by atoms with van der Waals surface area (Å²) in [4.78, 5) is 14.9. The van der Waals surface area contributed by atoms with Crippen molar-refractivity contribution >= 4 is 5.91 Å². The Labute approximate surface area is 175 Å². The molecule has 7 nitrogen and oxygen atoms in total. The Morgan fingerprint density at radius 1 is 1.03 bits per heavy atom. The van der Waals surface area contributed by atoms with Crippen LogP contribution in [0.15, 0.2) is 42.6 Å². The lowest BCUT2D eigenvalue weighted by Gasteiger charge is -2.42. The molecule has 0 aliphatic carbocycles. The molecule has 0 radical (unpaired) electrons. The van der Waals surface area contributed by atoms with Gasteiger partial charge in [0, 0.05) is 31.5 Å². The van der Waals surface area contributed by atoms with Crippen molar-refractivity contribution in [2.75, 3.05) is 19.7 Å². The molecule has 6 rings (SSSR count). The van der Waals surface area contributed by atoms with Crippen molar-refractivity contribution in [1.29, 1.82) is 0 Å². The third-order valence-electron chi connectivity index (χ3n) is 6.74. The molecule has 1 amide bonds. The van der Waals surface area contributed by atoms with Gasteiger partial charge >= 0.3 is 0 Å². The summed E-state index contributed by atoms with van der Waals surface area (Å²) in [7, 11) is 0. The fraction of sp³-hybridized carbons (Fsp3) is 0.435. The molecule has 1 spiro atoms. The topological polar surface area (TPSA) is 65.2 Å². The molecule has 30 heavy (non-hydrogen) atoms. The van der Waals surface area contributed by atoms with Crippen molar-refractivity contribution in [3.8, 4) is 5.69 Å². The molecular formula is C23H25N5O2. The second-order valence-electron chi connectivity index (χ2n) is 8.52. The molecule has 0 bridgehead atoms. The first-order chi connectivity index (χ1) is 14.7. The minimum absolute atomic E-state index is 0.0394. The summed E-state index contributed by atoms with van der Waals surface area (Å²) in [6.45, 7) is 2.96. The van der Waals surface area contributed by atoms with Crippen molar-refractivity contribution < 1.29 is 9.53 Å². The smallest absolute Gasteiger partial charge is 0.274 e. The molecule has 5 heterocycles. The molecule has 0 saturated carbocycles. The second-order valence-corrected chi connectivity index (χ2v) is 8.52. The first kappa shape index (κ1) is 17.9. The largest absolute Gasteiger partial charge is 0.368 e. The van der Waals surface area contributed by atoms with Crippen molar-refractivity contribution in [2.45, 2.75) is 44.2 Å². The molecule has 3 aromatic rings. The minimum Gasteiger partial charge on any atom is -0.368 e. The van der Waals surface area contributed by atoms with Gasteiger partial charge in [0.05, 0.1) is 18.0 Å². The molecule has 1 aromatic carbocycles. The molecule has 1 saturated heterocycles. The van der Waals surface area contributed by atoms with E-state index in [0.717, 1.165) is 50.0 Å². The number of aryl methyl sites for hydroxylation is 2. The average molecular weight is 403 g/mol. The first-order valence-corrected chi connectivity index (χ1v) is 10.9. The van der Waals surface area contributed by atoms with Gasteiger partial charge in [-0.25, -0.2) is 4.68 Å². The number of hydrogen-bond acceptors (Lipinski definition) is 4. The van der Waals surface area contributed by atoms with Gasteiger partial charge in [-0.2, -0.15) is 10.2 Å². The minimum atomic E-state index is -0.389. The Balaban J connectivity index is 1.22. The third-order valence-corrected chi connectivity index (χ3v) is 6.74. The SMILES string of the molecule is O=C(c1cc2n(n1)CCC2)N1CCC2(CC1)OCCc1cn(-c3ccccc3)nc12. The summed E-state index contributed by atoms with van der Waals surface area (Å²) in [5.74, 6) is 0.0394. The molecule has 1 fully saturated rings. The summed E-state index contributed by atoms with van der Waals surface area (Å²) in [6, 6.07) is 12.2. The van der Waals surface area contributed by atoms with Gasteiger partial charge in [0.15, 0.2) is 5.69 Å². The maximum atomic E-state index is 13.0. The molecule has 7 heteroatoms. The van der Waals surface area contributed by atoms with Crippen LogP contribution in [-0.4, -0.2) is 50.1 Å². The average Bonchev–Trinajstić information content (AvgIpc) is 3.50.